The van der Waals surface area contributed by atoms with Crippen molar-refractivity contribution in [2.24, 2.45) is 0 Å². The van der Waals surface area contributed by atoms with Gasteiger partial charge in [0.2, 0.25) is 10.0 Å². The van der Waals surface area contributed by atoms with Gasteiger partial charge in [0.05, 0.1) is 22.1 Å². The van der Waals surface area contributed by atoms with Crippen LogP contribution in [0.15, 0.2) is 66.9 Å². The van der Waals surface area contributed by atoms with Crippen molar-refractivity contribution < 1.29 is 21.6 Å². The van der Waals surface area contributed by atoms with E-state index in [1.165, 1.54) is 12.1 Å². The van der Waals surface area contributed by atoms with E-state index in [1.807, 2.05) is 6.07 Å². The highest BCUT2D eigenvalue weighted by molar-refractivity contribution is 7.93. The van der Waals surface area contributed by atoms with Crippen LogP contribution < -0.4 is 4.72 Å². The maximum absolute atomic E-state index is 13.4. The van der Waals surface area contributed by atoms with Gasteiger partial charge >= 0.3 is 6.18 Å². The smallest absolute Gasteiger partial charge is 0.293 e. The lowest BCUT2D eigenvalue weighted by Gasteiger charge is -2.13. The molecular formula is C24H19F3N4O2S. The molecule has 10 heteroatoms. The number of sulfonamides is 1. The number of hydrogen-bond donors (Lipinski definition) is 1. The number of aromatic nitrogens is 2. The minimum Gasteiger partial charge on any atom is -0.293 e. The number of nitriles is 1. The number of para-hydroxylation sites is 1. The largest absolute Gasteiger partial charge is 0.417 e. The monoisotopic (exact) mass is 484 g/mol. The van der Waals surface area contributed by atoms with Crippen molar-refractivity contribution in [3.8, 4) is 23.0 Å². The molecule has 0 amide bonds. The summed E-state index contributed by atoms with van der Waals surface area (Å²) in [6.45, 7) is 3.10. The Hall–Kier alpha value is -3.84. The maximum Gasteiger partial charge on any atom is 0.417 e. The summed E-state index contributed by atoms with van der Waals surface area (Å²) >= 11 is 0. The van der Waals surface area contributed by atoms with Gasteiger partial charge in [0.15, 0.2) is 0 Å². The third-order valence-electron chi connectivity index (χ3n) is 5.30. The summed E-state index contributed by atoms with van der Waals surface area (Å²) in [5, 5.41) is 9.37. The molecule has 0 aliphatic rings. The molecule has 0 atom stereocenters. The number of alkyl halides is 3. The molecule has 0 bridgehead atoms. The molecular weight excluding hydrogens is 465 g/mol. The summed E-state index contributed by atoms with van der Waals surface area (Å²) in [5.74, 6) is 0. The number of hydrogen-bond acceptors (Lipinski definition) is 4. The first-order chi connectivity index (χ1) is 16.0. The first-order valence-electron chi connectivity index (χ1n) is 10.2. The predicted octanol–water partition coefficient (Wildman–Crippen LogP) is 5.73. The highest BCUT2D eigenvalue weighted by atomic mass is 32.2. The molecule has 2 aromatic carbocycles. The van der Waals surface area contributed by atoms with Crippen molar-refractivity contribution in [3.63, 3.8) is 0 Å². The van der Waals surface area contributed by atoms with Gasteiger partial charge in [-0.3, -0.25) is 9.29 Å². The summed E-state index contributed by atoms with van der Waals surface area (Å²) in [7, 11) is -3.56. The number of nitrogens with zero attached hydrogens (tertiary/aromatic N) is 3. The zero-order valence-electron chi connectivity index (χ0n) is 18.1. The van der Waals surface area contributed by atoms with Crippen LogP contribution in [0.3, 0.4) is 0 Å². The van der Waals surface area contributed by atoms with Gasteiger partial charge in [0.1, 0.15) is 11.7 Å². The zero-order valence-corrected chi connectivity index (χ0v) is 18.9. The predicted molar refractivity (Wildman–Crippen MR) is 124 cm³/mol. The van der Waals surface area contributed by atoms with E-state index in [9.17, 15) is 26.9 Å². The Morgan fingerprint density at radius 2 is 1.71 bits per heavy atom. The van der Waals surface area contributed by atoms with Gasteiger partial charge in [-0.05, 0) is 44.2 Å². The van der Waals surface area contributed by atoms with Crippen molar-refractivity contribution in [1.82, 2.24) is 9.55 Å². The molecule has 1 N–H and O–H groups in total. The fraction of sp³-hybridized carbons (Fsp3) is 0.167. The standard InChI is InChI=1S/C24H19F3N4O2S/c1-15(2)34(32,33)30-18-10-8-16(9-11-18)22-21(13-28)20-12-17(24(25,26)27)14-29-23(20)31(22)19-6-4-3-5-7-19/h3-12,14-15,30H,1-2H3. The average Bonchev–Trinajstić information content (AvgIpc) is 3.13. The van der Waals surface area contributed by atoms with E-state index < -0.39 is 27.0 Å². The Kier molecular flexibility index (Phi) is 5.83. The quantitative estimate of drug-likeness (QED) is 0.392. The lowest BCUT2D eigenvalue weighted by molar-refractivity contribution is -0.137. The summed E-state index contributed by atoms with van der Waals surface area (Å²) in [4.78, 5) is 4.06. The van der Waals surface area contributed by atoms with Crippen LogP contribution in [0.25, 0.3) is 28.0 Å². The Morgan fingerprint density at radius 1 is 1.06 bits per heavy atom. The molecule has 174 valence electrons. The van der Waals surface area contributed by atoms with Crippen LogP contribution >= 0.6 is 0 Å². The van der Waals surface area contributed by atoms with Crippen molar-refractivity contribution in [1.29, 1.82) is 5.26 Å². The lowest BCUT2D eigenvalue weighted by atomic mass is 10.1. The highest BCUT2D eigenvalue weighted by Gasteiger charge is 2.32. The van der Waals surface area contributed by atoms with Crippen LogP contribution in [-0.2, 0) is 16.2 Å². The molecule has 0 saturated carbocycles. The normalized spacial score (nSPS) is 12.1. The van der Waals surface area contributed by atoms with Crippen molar-refractivity contribution in [3.05, 3.63) is 78.0 Å². The van der Waals surface area contributed by atoms with Crippen molar-refractivity contribution in [2.75, 3.05) is 4.72 Å². The molecule has 6 nitrogen and oxygen atoms in total. The summed E-state index contributed by atoms with van der Waals surface area (Å²) < 4.78 is 68.5. The fourth-order valence-corrected chi connectivity index (χ4v) is 4.21. The first kappa shape index (κ1) is 23.3. The van der Waals surface area contributed by atoms with Gasteiger partial charge in [-0.15, -0.1) is 0 Å². The SMILES string of the molecule is CC(C)S(=O)(=O)Nc1ccc(-c2c(C#N)c3cc(C(F)(F)F)cnc3n2-c2ccccc2)cc1. The topological polar surface area (TPSA) is 87.8 Å². The summed E-state index contributed by atoms with van der Waals surface area (Å²) in [5.41, 5.74) is 1.10. The Bertz CT molecular complexity index is 1500. The summed E-state index contributed by atoms with van der Waals surface area (Å²) in [6.07, 6.45) is -3.87. The highest BCUT2D eigenvalue weighted by Crippen LogP contribution is 2.38. The molecule has 4 aromatic rings. The van der Waals surface area contributed by atoms with Crippen LogP contribution in [0.2, 0.25) is 0 Å². The molecule has 0 saturated heterocycles. The van der Waals surface area contributed by atoms with Crippen LogP contribution in [0.1, 0.15) is 25.0 Å². The van der Waals surface area contributed by atoms with Crippen LogP contribution in [-0.4, -0.2) is 23.2 Å². The van der Waals surface area contributed by atoms with Gasteiger partial charge < -0.3 is 0 Å². The van der Waals surface area contributed by atoms with Crippen molar-refractivity contribution >= 4 is 26.7 Å². The van der Waals surface area contributed by atoms with Gasteiger partial charge in [-0.1, -0.05) is 30.3 Å². The second-order valence-corrected chi connectivity index (χ2v) is 10.1. The second kappa shape index (κ2) is 8.50. The number of benzene rings is 2. The van der Waals surface area contributed by atoms with Gasteiger partial charge in [0, 0.05) is 28.5 Å². The van der Waals surface area contributed by atoms with Crippen molar-refractivity contribution in [2.45, 2.75) is 25.3 Å². The van der Waals surface area contributed by atoms with Crippen LogP contribution in [0, 0.1) is 11.3 Å². The third kappa shape index (κ3) is 4.22. The molecule has 0 fully saturated rings. The van der Waals surface area contributed by atoms with Crippen LogP contribution in [0.4, 0.5) is 18.9 Å². The van der Waals surface area contributed by atoms with Crippen LogP contribution in [0.5, 0.6) is 0 Å². The minimum atomic E-state index is -4.61. The molecule has 0 spiro atoms. The number of rotatable bonds is 5. The number of pyridine rings is 1. The van der Waals surface area contributed by atoms with Gasteiger partial charge in [0.25, 0.3) is 0 Å². The van der Waals surface area contributed by atoms with E-state index in [1.54, 1.807) is 60.9 Å². The van der Waals surface area contributed by atoms with E-state index in [0.717, 1.165) is 12.3 Å². The second-order valence-electron chi connectivity index (χ2n) is 7.87. The number of anilines is 1. The third-order valence-corrected chi connectivity index (χ3v) is 7.06. The average molecular weight is 485 g/mol. The van der Waals surface area contributed by atoms with E-state index >= 15 is 0 Å². The Balaban J connectivity index is 1.95. The van der Waals surface area contributed by atoms with E-state index in [2.05, 4.69) is 9.71 Å². The van der Waals surface area contributed by atoms with Gasteiger partial charge in [-0.25, -0.2) is 13.4 Å². The maximum atomic E-state index is 13.4. The zero-order chi connectivity index (χ0) is 24.7. The molecule has 0 aliphatic heterocycles. The molecule has 0 radical (unpaired) electrons. The van der Waals surface area contributed by atoms with Gasteiger partial charge in [-0.2, -0.15) is 18.4 Å². The molecule has 2 aromatic heterocycles. The molecule has 2 heterocycles. The number of halogens is 3. The molecule has 4 rings (SSSR count). The molecule has 0 unspecified atom stereocenters. The first-order valence-corrected chi connectivity index (χ1v) is 11.8. The Labute approximate surface area is 194 Å². The summed E-state index contributed by atoms with van der Waals surface area (Å²) in [6, 6.07) is 18.1. The molecule has 34 heavy (non-hydrogen) atoms. The van der Waals surface area contributed by atoms with E-state index in [0.29, 0.717) is 22.6 Å². The lowest BCUT2D eigenvalue weighted by Crippen LogP contribution is -2.22. The Morgan fingerprint density at radius 3 is 2.26 bits per heavy atom. The number of nitrogens with one attached hydrogen (secondary N) is 1. The van der Waals surface area contributed by atoms with E-state index in [-0.39, 0.29) is 16.6 Å². The molecule has 0 aliphatic carbocycles. The number of fused-ring (bicyclic) bond motifs is 1. The fourth-order valence-electron chi connectivity index (χ4n) is 3.51. The van der Waals surface area contributed by atoms with E-state index in [4.69, 9.17) is 0 Å². The minimum absolute atomic E-state index is 0.0352.